The molecule has 1 aromatic rings. The van der Waals surface area contributed by atoms with Gasteiger partial charge >= 0.3 is 6.18 Å². The number of anilines is 2. The summed E-state index contributed by atoms with van der Waals surface area (Å²) in [5.74, 6) is 5.81. The van der Waals surface area contributed by atoms with Crippen LogP contribution in [0.1, 0.15) is 0 Å². The molecule has 1 fully saturated rings. The lowest BCUT2D eigenvalue weighted by Gasteiger charge is -2.36. The molecule has 19 heavy (non-hydrogen) atoms. The molecular weight excluding hydrogens is 259 g/mol. The van der Waals surface area contributed by atoms with Crippen molar-refractivity contribution in [1.82, 2.24) is 9.88 Å². The molecule has 1 aromatic heterocycles. The molecule has 2 rings (SSSR count). The molecule has 3 N–H and O–H groups in total. The van der Waals surface area contributed by atoms with E-state index < -0.39 is 12.7 Å². The van der Waals surface area contributed by atoms with Crippen LogP contribution >= 0.6 is 0 Å². The van der Waals surface area contributed by atoms with Gasteiger partial charge in [0.15, 0.2) is 0 Å². The zero-order chi connectivity index (χ0) is 13.9. The molecule has 0 unspecified atom stereocenters. The van der Waals surface area contributed by atoms with Crippen LogP contribution in [0.3, 0.4) is 0 Å². The largest absolute Gasteiger partial charge is 0.401 e. The number of nitrogens with one attached hydrogen (secondary N) is 1. The molecule has 0 aliphatic carbocycles. The summed E-state index contributed by atoms with van der Waals surface area (Å²) in [5.41, 5.74) is 3.36. The molecule has 0 bridgehead atoms. The predicted octanol–water partition coefficient (Wildman–Crippen LogP) is 1.05. The molecule has 106 valence electrons. The normalized spacial score (nSPS) is 17.6. The Labute approximate surface area is 109 Å². The minimum absolute atomic E-state index is 0.396. The highest BCUT2D eigenvalue weighted by Crippen LogP contribution is 2.21. The Morgan fingerprint density at radius 1 is 1.26 bits per heavy atom. The maximum Gasteiger partial charge on any atom is 0.401 e. The number of alkyl halides is 3. The molecule has 1 aliphatic heterocycles. The zero-order valence-corrected chi connectivity index (χ0v) is 10.3. The molecule has 1 saturated heterocycles. The van der Waals surface area contributed by atoms with Gasteiger partial charge in [-0.1, -0.05) is 0 Å². The van der Waals surface area contributed by atoms with Crippen molar-refractivity contribution in [2.75, 3.05) is 43.0 Å². The monoisotopic (exact) mass is 275 g/mol. The van der Waals surface area contributed by atoms with Crippen LogP contribution in [0.15, 0.2) is 18.3 Å². The number of nitrogens with two attached hydrogens (primary N) is 1. The maximum atomic E-state index is 12.3. The minimum Gasteiger partial charge on any atom is -0.369 e. The molecule has 0 radical (unpaired) electrons. The number of hydrogen-bond acceptors (Lipinski definition) is 5. The van der Waals surface area contributed by atoms with Crippen LogP contribution in [0.2, 0.25) is 0 Å². The first kappa shape index (κ1) is 13.9. The summed E-state index contributed by atoms with van der Waals surface area (Å²) >= 11 is 0. The van der Waals surface area contributed by atoms with E-state index in [2.05, 4.69) is 10.4 Å². The first-order chi connectivity index (χ1) is 8.98. The van der Waals surface area contributed by atoms with E-state index in [9.17, 15) is 13.2 Å². The van der Waals surface area contributed by atoms with Gasteiger partial charge in [0.05, 0.1) is 6.54 Å². The van der Waals surface area contributed by atoms with Crippen molar-refractivity contribution >= 4 is 11.5 Å². The van der Waals surface area contributed by atoms with Crippen LogP contribution in [-0.4, -0.2) is 48.8 Å². The van der Waals surface area contributed by atoms with Gasteiger partial charge in [0.25, 0.3) is 0 Å². The number of piperazine rings is 1. The number of aromatic nitrogens is 1. The lowest BCUT2D eigenvalue weighted by molar-refractivity contribution is -0.146. The van der Waals surface area contributed by atoms with Crippen molar-refractivity contribution in [3.05, 3.63) is 18.3 Å². The summed E-state index contributed by atoms with van der Waals surface area (Å²) in [5, 5.41) is 0. The van der Waals surface area contributed by atoms with E-state index in [-0.39, 0.29) is 0 Å². The fourth-order valence-electron chi connectivity index (χ4n) is 2.11. The Hall–Kier alpha value is -1.54. The summed E-state index contributed by atoms with van der Waals surface area (Å²) < 4.78 is 36.8. The van der Waals surface area contributed by atoms with E-state index in [4.69, 9.17) is 5.84 Å². The Bertz CT molecular complexity index is 415. The number of halogens is 3. The van der Waals surface area contributed by atoms with Gasteiger partial charge in [-0.15, -0.1) is 0 Å². The Kier molecular flexibility index (Phi) is 4.11. The average Bonchev–Trinajstić information content (AvgIpc) is 2.38. The van der Waals surface area contributed by atoms with Gasteiger partial charge in [0.1, 0.15) is 5.82 Å². The highest BCUT2D eigenvalue weighted by molar-refractivity contribution is 5.53. The van der Waals surface area contributed by atoms with Gasteiger partial charge in [0, 0.05) is 44.1 Å². The molecule has 0 amide bonds. The molecule has 0 spiro atoms. The molecule has 5 nitrogen and oxygen atoms in total. The van der Waals surface area contributed by atoms with E-state index in [0.717, 1.165) is 5.69 Å². The molecule has 1 aliphatic rings. The Morgan fingerprint density at radius 3 is 2.53 bits per heavy atom. The fraction of sp³-hybridized carbons (Fsp3) is 0.545. The van der Waals surface area contributed by atoms with Crippen LogP contribution in [0.25, 0.3) is 0 Å². The third kappa shape index (κ3) is 3.97. The van der Waals surface area contributed by atoms with Gasteiger partial charge in [-0.3, -0.25) is 4.90 Å². The Balaban J connectivity index is 1.92. The van der Waals surface area contributed by atoms with Gasteiger partial charge in [-0.05, 0) is 6.07 Å². The van der Waals surface area contributed by atoms with E-state index in [0.29, 0.717) is 32.0 Å². The van der Waals surface area contributed by atoms with Crippen molar-refractivity contribution < 1.29 is 13.2 Å². The topological polar surface area (TPSA) is 57.4 Å². The molecule has 0 aromatic carbocycles. The number of nitrogens with zero attached hydrogens (tertiary/aromatic N) is 3. The number of rotatable bonds is 3. The molecular formula is C11H16F3N5. The van der Waals surface area contributed by atoms with Crippen molar-refractivity contribution in [2.45, 2.75) is 6.18 Å². The fourth-order valence-corrected chi connectivity index (χ4v) is 2.11. The maximum absolute atomic E-state index is 12.3. The summed E-state index contributed by atoms with van der Waals surface area (Å²) in [6.07, 6.45) is -2.51. The Morgan fingerprint density at radius 2 is 1.95 bits per heavy atom. The first-order valence-corrected chi connectivity index (χ1v) is 5.95. The lowest BCUT2D eigenvalue weighted by Crippen LogP contribution is -2.49. The molecule has 0 atom stereocenters. The van der Waals surface area contributed by atoms with Crippen LogP contribution < -0.4 is 16.2 Å². The van der Waals surface area contributed by atoms with Crippen molar-refractivity contribution in [1.29, 1.82) is 0 Å². The van der Waals surface area contributed by atoms with E-state index in [1.54, 1.807) is 12.3 Å². The standard InChI is InChI=1S/C11H16F3N5/c12-11(13,14)8-18-3-5-19(6-4-18)9-1-2-16-10(7-9)17-15/h1-2,7H,3-6,8,15H2,(H,16,17). The quantitative estimate of drug-likeness (QED) is 0.638. The van der Waals surface area contributed by atoms with Gasteiger partial charge in [-0.25, -0.2) is 10.8 Å². The van der Waals surface area contributed by atoms with Crippen LogP contribution in [0.5, 0.6) is 0 Å². The first-order valence-electron chi connectivity index (χ1n) is 5.95. The number of hydrazine groups is 1. The third-order valence-corrected chi connectivity index (χ3v) is 3.03. The SMILES string of the molecule is NNc1cc(N2CCN(CC(F)(F)F)CC2)ccn1. The summed E-state index contributed by atoms with van der Waals surface area (Å²) in [7, 11) is 0. The number of hydrogen-bond donors (Lipinski definition) is 2. The number of pyridine rings is 1. The minimum atomic E-state index is -4.13. The van der Waals surface area contributed by atoms with Gasteiger partial charge in [0.2, 0.25) is 0 Å². The smallest absolute Gasteiger partial charge is 0.369 e. The highest BCUT2D eigenvalue weighted by atomic mass is 19.4. The lowest BCUT2D eigenvalue weighted by atomic mass is 10.2. The highest BCUT2D eigenvalue weighted by Gasteiger charge is 2.32. The van der Waals surface area contributed by atoms with E-state index in [1.165, 1.54) is 4.90 Å². The van der Waals surface area contributed by atoms with Crippen LogP contribution in [0, 0.1) is 0 Å². The second-order valence-electron chi connectivity index (χ2n) is 4.42. The van der Waals surface area contributed by atoms with Gasteiger partial charge < -0.3 is 10.3 Å². The van der Waals surface area contributed by atoms with Crippen LogP contribution in [0.4, 0.5) is 24.7 Å². The van der Waals surface area contributed by atoms with Gasteiger partial charge in [-0.2, -0.15) is 13.2 Å². The van der Waals surface area contributed by atoms with Crippen LogP contribution in [-0.2, 0) is 0 Å². The second kappa shape index (κ2) is 5.62. The third-order valence-electron chi connectivity index (χ3n) is 3.03. The molecule has 0 saturated carbocycles. The summed E-state index contributed by atoms with van der Waals surface area (Å²) in [6.45, 7) is 1.07. The van der Waals surface area contributed by atoms with Crippen molar-refractivity contribution in [3.63, 3.8) is 0 Å². The summed E-state index contributed by atoms with van der Waals surface area (Å²) in [4.78, 5) is 7.43. The second-order valence-corrected chi connectivity index (χ2v) is 4.42. The van der Waals surface area contributed by atoms with E-state index in [1.807, 2.05) is 11.0 Å². The van der Waals surface area contributed by atoms with E-state index >= 15 is 0 Å². The average molecular weight is 275 g/mol. The molecule has 8 heteroatoms. The number of nitrogen functional groups attached to an aromatic ring is 1. The molecule has 2 heterocycles. The summed E-state index contributed by atoms with van der Waals surface area (Å²) in [6, 6.07) is 3.60. The van der Waals surface area contributed by atoms with Crippen molar-refractivity contribution in [3.8, 4) is 0 Å². The predicted molar refractivity (Wildman–Crippen MR) is 66.8 cm³/mol. The van der Waals surface area contributed by atoms with Crippen molar-refractivity contribution in [2.24, 2.45) is 5.84 Å². The zero-order valence-electron chi connectivity index (χ0n) is 10.3.